The Kier molecular flexibility index (Phi) is 6.28. The van der Waals surface area contributed by atoms with Crippen LogP contribution >= 0.6 is 11.8 Å². The Labute approximate surface area is 161 Å². The topological polar surface area (TPSA) is 92.1 Å². The molecule has 0 aliphatic rings. The highest BCUT2D eigenvalue weighted by molar-refractivity contribution is 7.99. The number of hydrogen-bond acceptors (Lipinski definition) is 5. The van der Waals surface area contributed by atoms with Crippen LogP contribution in [0.1, 0.15) is 32.3 Å². The Bertz CT molecular complexity index is 978. The van der Waals surface area contributed by atoms with Gasteiger partial charge in [-0.2, -0.15) is 5.10 Å². The highest BCUT2D eigenvalue weighted by Gasteiger charge is 2.13. The second-order valence-corrected chi connectivity index (χ2v) is 7.15. The average Bonchev–Trinajstić information content (AvgIpc) is 3.14. The minimum absolute atomic E-state index is 0.0582. The summed E-state index contributed by atoms with van der Waals surface area (Å²) in [5.41, 5.74) is 2.98. The van der Waals surface area contributed by atoms with Gasteiger partial charge in [0.15, 0.2) is 0 Å². The molecular weight excluding hydrogens is 362 g/mol. The number of nitrogens with zero attached hydrogens (tertiary/aromatic N) is 3. The number of aromatic amines is 1. The molecule has 0 saturated heterocycles. The van der Waals surface area contributed by atoms with Crippen LogP contribution in [0.3, 0.4) is 0 Å². The summed E-state index contributed by atoms with van der Waals surface area (Å²) < 4.78 is 1.51. The summed E-state index contributed by atoms with van der Waals surface area (Å²) in [4.78, 5) is 24.0. The van der Waals surface area contributed by atoms with E-state index in [1.54, 1.807) is 6.07 Å². The molecule has 0 bridgehead atoms. The number of carbonyl (C=O) groups excluding carboxylic acids is 1. The van der Waals surface area contributed by atoms with Crippen molar-refractivity contribution < 1.29 is 4.79 Å². The van der Waals surface area contributed by atoms with Crippen molar-refractivity contribution in [1.29, 1.82) is 0 Å². The van der Waals surface area contributed by atoms with Gasteiger partial charge in [-0.3, -0.25) is 9.59 Å². The van der Waals surface area contributed by atoms with Gasteiger partial charge < -0.3 is 5.32 Å². The fourth-order valence-electron chi connectivity index (χ4n) is 2.62. The molecule has 142 valence electrons. The summed E-state index contributed by atoms with van der Waals surface area (Å²) in [5, 5.41) is 14.4. The van der Waals surface area contributed by atoms with Gasteiger partial charge in [-0.1, -0.05) is 56.3 Å². The molecule has 0 radical (unpaired) electrons. The number of H-pyrrole nitrogens is 1. The minimum Gasteiger partial charge on any atom is -0.355 e. The van der Waals surface area contributed by atoms with Crippen molar-refractivity contribution in [1.82, 2.24) is 25.1 Å². The van der Waals surface area contributed by atoms with Gasteiger partial charge in [0.05, 0.1) is 11.4 Å². The average molecular weight is 385 g/mol. The second kappa shape index (κ2) is 8.85. The molecule has 0 saturated carbocycles. The summed E-state index contributed by atoms with van der Waals surface area (Å²) in [6.07, 6.45) is 2.96. The SMILES string of the molecule is CCCCNC(=O)CSc1n[nH]c(=O)c2cc(-c3ccc(CC)cc3)nn12. The summed E-state index contributed by atoms with van der Waals surface area (Å²) >= 11 is 1.25. The zero-order chi connectivity index (χ0) is 19.2. The first-order chi connectivity index (χ1) is 13.1. The monoisotopic (exact) mass is 385 g/mol. The van der Waals surface area contributed by atoms with E-state index in [0.717, 1.165) is 24.8 Å². The van der Waals surface area contributed by atoms with E-state index in [0.29, 0.717) is 22.9 Å². The smallest absolute Gasteiger partial charge is 0.290 e. The van der Waals surface area contributed by atoms with Gasteiger partial charge in [0.1, 0.15) is 5.52 Å². The maximum absolute atomic E-state index is 12.1. The highest BCUT2D eigenvalue weighted by Crippen LogP contribution is 2.22. The minimum atomic E-state index is -0.310. The Hall–Kier alpha value is -2.61. The van der Waals surface area contributed by atoms with Gasteiger partial charge in [-0.05, 0) is 24.5 Å². The van der Waals surface area contributed by atoms with Crippen LogP contribution in [0.2, 0.25) is 0 Å². The number of thioether (sulfide) groups is 1. The number of nitrogens with one attached hydrogen (secondary N) is 2. The molecule has 1 amide bonds. The van der Waals surface area contributed by atoms with Gasteiger partial charge in [0.25, 0.3) is 5.56 Å². The molecule has 2 aromatic heterocycles. The van der Waals surface area contributed by atoms with Crippen LogP contribution in [0.25, 0.3) is 16.8 Å². The van der Waals surface area contributed by atoms with E-state index in [1.165, 1.54) is 21.8 Å². The Morgan fingerprint density at radius 3 is 2.74 bits per heavy atom. The van der Waals surface area contributed by atoms with Crippen molar-refractivity contribution in [2.24, 2.45) is 0 Å². The zero-order valence-electron chi connectivity index (χ0n) is 15.5. The lowest BCUT2D eigenvalue weighted by atomic mass is 10.1. The number of rotatable bonds is 8. The first-order valence-electron chi connectivity index (χ1n) is 9.09. The van der Waals surface area contributed by atoms with E-state index in [1.807, 2.05) is 12.1 Å². The first kappa shape index (κ1) is 19.2. The zero-order valence-corrected chi connectivity index (χ0v) is 16.3. The van der Waals surface area contributed by atoms with Gasteiger partial charge in [0, 0.05) is 12.1 Å². The number of hydrogen-bond donors (Lipinski definition) is 2. The van der Waals surface area contributed by atoms with Crippen LogP contribution in [-0.2, 0) is 11.2 Å². The standard InChI is InChI=1S/C19H23N5O2S/c1-3-5-10-20-17(25)12-27-19-22-21-18(26)16-11-15(23-24(16)19)14-8-6-13(4-2)7-9-14/h6-9,11H,3-5,10,12H2,1-2H3,(H,20,25)(H,21,26). The maximum Gasteiger partial charge on any atom is 0.290 e. The number of aromatic nitrogens is 4. The van der Waals surface area contributed by atoms with Crippen LogP contribution in [0, 0.1) is 0 Å². The molecule has 1 aromatic carbocycles. The quantitative estimate of drug-likeness (QED) is 0.459. The van der Waals surface area contributed by atoms with Crippen molar-refractivity contribution in [2.75, 3.05) is 12.3 Å². The Morgan fingerprint density at radius 2 is 2.04 bits per heavy atom. The van der Waals surface area contributed by atoms with Crippen LogP contribution in [0.15, 0.2) is 40.3 Å². The molecule has 3 aromatic rings. The van der Waals surface area contributed by atoms with Crippen molar-refractivity contribution >= 4 is 23.2 Å². The van der Waals surface area contributed by atoms with Gasteiger partial charge in [0.2, 0.25) is 11.1 Å². The molecular formula is C19H23N5O2S. The molecule has 7 nitrogen and oxygen atoms in total. The third-order valence-corrected chi connectivity index (χ3v) is 5.15. The molecule has 0 unspecified atom stereocenters. The predicted octanol–water partition coefficient (Wildman–Crippen LogP) is 2.66. The summed E-state index contributed by atoms with van der Waals surface area (Å²) in [6.45, 7) is 4.85. The normalized spacial score (nSPS) is 11.0. The number of aryl methyl sites for hydroxylation is 1. The summed E-state index contributed by atoms with van der Waals surface area (Å²) in [7, 11) is 0. The van der Waals surface area contributed by atoms with Gasteiger partial charge in [-0.25, -0.2) is 9.61 Å². The van der Waals surface area contributed by atoms with Crippen molar-refractivity contribution in [3.8, 4) is 11.3 Å². The van der Waals surface area contributed by atoms with Gasteiger partial charge in [-0.15, -0.1) is 5.10 Å². The van der Waals surface area contributed by atoms with Crippen LogP contribution in [-0.4, -0.2) is 38.0 Å². The Morgan fingerprint density at radius 1 is 1.26 bits per heavy atom. The van der Waals surface area contributed by atoms with Crippen molar-refractivity contribution in [3.05, 3.63) is 46.2 Å². The number of fused-ring (bicyclic) bond motifs is 1. The van der Waals surface area contributed by atoms with E-state index in [9.17, 15) is 9.59 Å². The summed E-state index contributed by atoms with van der Waals surface area (Å²) in [5.74, 6) is 0.162. The van der Waals surface area contributed by atoms with Crippen molar-refractivity contribution in [3.63, 3.8) is 0 Å². The molecule has 2 N–H and O–H groups in total. The molecule has 3 rings (SSSR count). The summed E-state index contributed by atoms with van der Waals surface area (Å²) in [6, 6.07) is 9.84. The van der Waals surface area contributed by atoms with E-state index >= 15 is 0 Å². The number of carbonyl (C=O) groups is 1. The van der Waals surface area contributed by atoms with E-state index < -0.39 is 0 Å². The highest BCUT2D eigenvalue weighted by atomic mass is 32.2. The molecule has 2 heterocycles. The predicted molar refractivity (Wildman–Crippen MR) is 107 cm³/mol. The van der Waals surface area contributed by atoms with E-state index in [-0.39, 0.29) is 17.2 Å². The fraction of sp³-hybridized carbons (Fsp3) is 0.368. The molecule has 27 heavy (non-hydrogen) atoms. The van der Waals surface area contributed by atoms with E-state index in [4.69, 9.17) is 0 Å². The lowest BCUT2D eigenvalue weighted by Gasteiger charge is -2.04. The van der Waals surface area contributed by atoms with Crippen LogP contribution in [0.5, 0.6) is 0 Å². The molecule has 0 aliphatic heterocycles. The van der Waals surface area contributed by atoms with Crippen LogP contribution in [0.4, 0.5) is 0 Å². The number of benzene rings is 1. The maximum atomic E-state index is 12.1. The largest absolute Gasteiger partial charge is 0.355 e. The van der Waals surface area contributed by atoms with Crippen LogP contribution < -0.4 is 10.9 Å². The second-order valence-electron chi connectivity index (χ2n) is 6.20. The molecule has 0 aliphatic carbocycles. The van der Waals surface area contributed by atoms with Gasteiger partial charge >= 0.3 is 0 Å². The number of unbranched alkanes of at least 4 members (excludes halogenated alkanes) is 1. The van der Waals surface area contributed by atoms with E-state index in [2.05, 4.69) is 46.6 Å². The fourth-order valence-corrected chi connectivity index (χ4v) is 3.36. The molecule has 0 atom stereocenters. The first-order valence-corrected chi connectivity index (χ1v) is 10.1. The van der Waals surface area contributed by atoms with Crippen molar-refractivity contribution in [2.45, 2.75) is 38.3 Å². The number of amides is 1. The lowest BCUT2D eigenvalue weighted by Crippen LogP contribution is -2.26. The Balaban J connectivity index is 1.82. The molecule has 0 spiro atoms. The third kappa shape index (κ3) is 4.57. The molecule has 0 fully saturated rings. The lowest BCUT2D eigenvalue weighted by molar-refractivity contribution is -0.118. The molecule has 8 heteroatoms. The third-order valence-electron chi connectivity index (χ3n) is 4.22.